The third kappa shape index (κ3) is 10.7. The van der Waals surface area contributed by atoms with Crippen molar-refractivity contribution in [2.75, 3.05) is 13.2 Å². The second kappa shape index (κ2) is 9.30. The van der Waals surface area contributed by atoms with Crippen molar-refractivity contribution in [3.8, 4) is 0 Å². The fourth-order valence-corrected chi connectivity index (χ4v) is 0.167. The molecule has 0 saturated carbocycles. The van der Waals surface area contributed by atoms with Crippen LogP contribution in [0.15, 0.2) is 0 Å². The minimum atomic E-state index is 0. The van der Waals surface area contributed by atoms with Gasteiger partial charge in [-0.15, -0.1) is 0 Å². The molecule has 3 nitrogen and oxygen atoms in total. The maximum Gasteiger partial charge on any atom is 0.0794 e. The van der Waals surface area contributed by atoms with Crippen LogP contribution in [0.1, 0.15) is 13.8 Å². The minimum Gasteiger partial charge on any atom is -0.344 e. The van der Waals surface area contributed by atoms with Crippen LogP contribution in [0.3, 0.4) is 0 Å². The van der Waals surface area contributed by atoms with E-state index in [1.54, 1.807) is 0 Å². The van der Waals surface area contributed by atoms with Gasteiger partial charge in [0, 0.05) is 0 Å². The van der Waals surface area contributed by atoms with E-state index >= 15 is 0 Å². The zero-order valence-corrected chi connectivity index (χ0v) is 4.94. The summed E-state index contributed by atoms with van der Waals surface area (Å²) >= 11 is 0. The van der Waals surface area contributed by atoms with Crippen molar-refractivity contribution in [2.24, 2.45) is 0 Å². The Kier molecular flexibility index (Phi) is 13.3. The maximum atomic E-state index is 4.48. The lowest BCUT2D eigenvalue weighted by Crippen LogP contribution is -1.90. The molecule has 3 N–H and O–H groups in total. The maximum absolute atomic E-state index is 4.48. The van der Waals surface area contributed by atoms with E-state index < -0.39 is 0 Å². The highest BCUT2D eigenvalue weighted by atomic mass is 17.2. The second-order valence-electron chi connectivity index (χ2n) is 0.813. The molecule has 0 aliphatic carbocycles. The van der Waals surface area contributed by atoms with Crippen LogP contribution < -0.4 is 6.15 Å². The van der Waals surface area contributed by atoms with Crippen LogP contribution in [0, 0.1) is 0 Å². The van der Waals surface area contributed by atoms with Crippen molar-refractivity contribution in [1.29, 1.82) is 0 Å². The fourth-order valence-electron chi connectivity index (χ4n) is 0.167. The molecular formula is C4H13NO2. The Morgan fingerprint density at radius 3 is 1.43 bits per heavy atom. The summed E-state index contributed by atoms with van der Waals surface area (Å²) in [6.07, 6.45) is 0. The first-order chi connectivity index (χ1) is 2.91. The average Bonchev–Trinajstić information content (AvgIpc) is 1.61. The molecule has 0 unspecified atom stereocenters. The Morgan fingerprint density at radius 1 is 1.00 bits per heavy atom. The largest absolute Gasteiger partial charge is 0.344 e. The van der Waals surface area contributed by atoms with Gasteiger partial charge in [-0.05, 0) is 13.8 Å². The predicted molar refractivity (Wildman–Crippen MR) is 28.3 cm³/mol. The molecule has 0 aliphatic rings. The summed E-state index contributed by atoms with van der Waals surface area (Å²) in [5.74, 6) is 0. The van der Waals surface area contributed by atoms with Crippen molar-refractivity contribution >= 4 is 0 Å². The smallest absolute Gasteiger partial charge is 0.0794 e. The minimum absolute atomic E-state index is 0. The van der Waals surface area contributed by atoms with Gasteiger partial charge in [0.1, 0.15) is 0 Å². The van der Waals surface area contributed by atoms with Gasteiger partial charge in [-0.3, -0.25) is 0 Å². The highest BCUT2D eigenvalue weighted by molar-refractivity contribution is 3.97. The van der Waals surface area contributed by atoms with Gasteiger partial charge in [-0.25, -0.2) is 9.78 Å². The molecule has 0 spiro atoms. The Hall–Kier alpha value is -0.120. The van der Waals surface area contributed by atoms with E-state index in [1.165, 1.54) is 0 Å². The molecule has 0 aliphatic heterocycles. The van der Waals surface area contributed by atoms with Crippen LogP contribution >= 0.6 is 0 Å². The molecule has 0 atom stereocenters. The molecular weight excluding hydrogens is 94.0 g/mol. The average molecular weight is 107 g/mol. The topological polar surface area (TPSA) is 53.5 Å². The van der Waals surface area contributed by atoms with Gasteiger partial charge >= 0.3 is 0 Å². The van der Waals surface area contributed by atoms with Gasteiger partial charge in [0.25, 0.3) is 0 Å². The van der Waals surface area contributed by atoms with Gasteiger partial charge in [0.15, 0.2) is 0 Å². The first-order valence-electron chi connectivity index (χ1n) is 2.16. The number of rotatable bonds is 3. The number of hydrogen-bond donors (Lipinski definition) is 1. The zero-order chi connectivity index (χ0) is 4.83. The Balaban J connectivity index is 0. The lowest BCUT2D eigenvalue weighted by Gasteiger charge is -1.92. The van der Waals surface area contributed by atoms with Crippen molar-refractivity contribution in [3.05, 3.63) is 0 Å². The lowest BCUT2D eigenvalue weighted by molar-refractivity contribution is -0.287. The normalized spacial score (nSPS) is 7.71. The van der Waals surface area contributed by atoms with E-state index in [1.807, 2.05) is 13.8 Å². The summed E-state index contributed by atoms with van der Waals surface area (Å²) in [6.45, 7) is 5.03. The lowest BCUT2D eigenvalue weighted by atomic mass is 10.9. The SMILES string of the molecule is CCOOCC.N. The summed E-state index contributed by atoms with van der Waals surface area (Å²) in [7, 11) is 0. The van der Waals surface area contributed by atoms with Gasteiger partial charge in [0.05, 0.1) is 13.2 Å². The van der Waals surface area contributed by atoms with E-state index in [0.29, 0.717) is 13.2 Å². The first-order valence-corrected chi connectivity index (χ1v) is 2.16. The molecule has 0 bridgehead atoms. The van der Waals surface area contributed by atoms with Crippen molar-refractivity contribution < 1.29 is 9.78 Å². The molecule has 0 aromatic carbocycles. The van der Waals surface area contributed by atoms with Crippen LogP contribution in [0.25, 0.3) is 0 Å². The Labute approximate surface area is 44.1 Å². The molecule has 0 rings (SSSR count). The molecule has 0 heterocycles. The van der Waals surface area contributed by atoms with Crippen molar-refractivity contribution in [1.82, 2.24) is 6.15 Å². The van der Waals surface area contributed by atoms with E-state index in [9.17, 15) is 0 Å². The molecule has 7 heavy (non-hydrogen) atoms. The molecule has 0 aromatic heterocycles. The molecule has 46 valence electrons. The highest BCUT2D eigenvalue weighted by Crippen LogP contribution is 1.72. The molecule has 0 aromatic rings. The van der Waals surface area contributed by atoms with Crippen molar-refractivity contribution in [2.45, 2.75) is 13.8 Å². The molecule has 0 radical (unpaired) electrons. The summed E-state index contributed by atoms with van der Waals surface area (Å²) in [6, 6.07) is 0. The van der Waals surface area contributed by atoms with Crippen LogP contribution in [-0.2, 0) is 9.78 Å². The Morgan fingerprint density at radius 2 is 1.29 bits per heavy atom. The van der Waals surface area contributed by atoms with E-state index in [-0.39, 0.29) is 6.15 Å². The van der Waals surface area contributed by atoms with Crippen LogP contribution in [0.4, 0.5) is 0 Å². The van der Waals surface area contributed by atoms with E-state index in [0.717, 1.165) is 0 Å². The monoisotopic (exact) mass is 107 g/mol. The van der Waals surface area contributed by atoms with Crippen molar-refractivity contribution in [3.63, 3.8) is 0 Å². The van der Waals surface area contributed by atoms with Crippen LogP contribution in [0.5, 0.6) is 0 Å². The predicted octanol–water partition coefficient (Wildman–Crippen LogP) is 1.14. The highest BCUT2D eigenvalue weighted by Gasteiger charge is 1.71. The van der Waals surface area contributed by atoms with Crippen LogP contribution in [0.2, 0.25) is 0 Å². The summed E-state index contributed by atoms with van der Waals surface area (Å²) in [5.41, 5.74) is 0. The zero-order valence-electron chi connectivity index (χ0n) is 4.94. The number of hydrogen-bond acceptors (Lipinski definition) is 3. The standard InChI is InChI=1S/C4H10O2.H3N/c1-3-5-6-4-2;/h3-4H2,1-2H3;1H3. The summed E-state index contributed by atoms with van der Waals surface area (Å²) in [4.78, 5) is 8.97. The first kappa shape index (κ1) is 9.99. The third-order valence-electron chi connectivity index (χ3n) is 0.319. The van der Waals surface area contributed by atoms with Crippen LogP contribution in [-0.4, -0.2) is 13.2 Å². The van der Waals surface area contributed by atoms with Gasteiger partial charge in [0.2, 0.25) is 0 Å². The van der Waals surface area contributed by atoms with Gasteiger partial charge < -0.3 is 6.15 Å². The molecule has 0 fully saturated rings. The Bertz CT molecular complexity index is 21.7. The molecule has 0 saturated heterocycles. The quantitative estimate of drug-likeness (QED) is 0.334. The molecule has 0 amide bonds. The van der Waals surface area contributed by atoms with Gasteiger partial charge in [-0.2, -0.15) is 0 Å². The van der Waals surface area contributed by atoms with Gasteiger partial charge in [-0.1, -0.05) is 0 Å². The second-order valence-corrected chi connectivity index (χ2v) is 0.813. The third-order valence-corrected chi connectivity index (χ3v) is 0.319. The fraction of sp³-hybridized carbons (Fsp3) is 1.00. The molecule has 3 heteroatoms. The summed E-state index contributed by atoms with van der Waals surface area (Å²) in [5, 5.41) is 0. The van der Waals surface area contributed by atoms with E-state index in [4.69, 9.17) is 0 Å². The van der Waals surface area contributed by atoms with E-state index in [2.05, 4.69) is 9.78 Å². The summed E-state index contributed by atoms with van der Waals surface area (Å²) < 4.78 is 0.